The van der Waals surface area contributed by atoms with E-state index in [1.807, 2.05) is 37.3 Å². The third kappa shape index (κ3) is 4.69. The zero-order valence-electron chi connectivity index (χ0n) is 17.0. The molecule has 0 fully saturated rings. The van der Waals surface area contributed by atoms with Gasteiger partial charge >= 0.3 is 0 Å². The number of fused-ring (bicyclic) bond motifs is 1. The van der Waals surface area contributed by atoms with Crippen LogP contribution in [0.15, 0.2) is 104 Å². The third-order valence-corrected chi connectivity index (χ3v) is 5.61. The van der Waals surface area contributed by atoms with E-state index in [9.17, 15) is 13.0 Å². The van der Waals surface area contributed by atoms with Crippen LogP contribution in [0.5, 0.6) is 0 Å². The molecule has 4 aromatic rings. The lowest BCUT2D eigenvalue weighted by Gasteiger charge is -2.07. The number of nitrogens with zero attached hydrogens (tertiary/aromatic N) is 4. The van der Waals surface area contributed by atoms with Gasteiger partial charge in [-0.2, -0.15) is 18.6 Å². The molecule has 160 valence electrons. The highest BCUT2D eigenvalue weighted by Crippen LogP contribution is 2.37. The largest absolute Gasteiger partial charge is 0.399 e. The second kappa shape index (κ2) is 8.66. The smallest absolute Gasteiger partial charge is 0.294 e. The van der Waals surface area contributed by atoms with E-state index >= 15 is 0 Å². The molecular weight excluding hydrogens is 426 g/mol. The van der Waals surface area contributed by atoms with Gasteiger partial charge in [0.15, 0.2) is 0 Å². The second-order valence-corrected chi connectivity index (χ2v) is 8.49. The molecule has 4 aromatic carbocycles. The highest BCUT2D eigenvalue weighted by Gasteiger charge is 2.14. The van der Waals surface area contributed by atoms with Crippen LogP contribution in [0.25, 0.3) is 10.8 Å². The third-order valence-electron chi connectivity index (χ3n) is 4.76. The normalized spacial score (nSPS) is 12.2. The van der Waals surface area contributed by atoms with Crippen molar-refractivity contribution in [3.8, 4) is 0 Å². The second-order valence-electron chi connectivity index (χ2n) is 7.07. The molecule has 4 rings (SSSR count). The summed E-state index contributed by atoms with van der Waals surface area (Å²) in [4.78, 5) is -0.248. The summed E-state index contributed by atoms with van der Waals surface area (Å²) in [6, 6.07) is 22.1. The first-order chi connectivity index (χ1) is 15.3. The van der Waals surface area contributed by atoms with Crippen molar-refractivity contribution in [3.05, 3.63) is 84.4 Å². The number of nitrogen functional groups attached to an aromatic ring is 1. The topological polar surface area (TPSA) is 130 Å². The van der Waals surface area contributed by atoms with Crippen LogP contribution in [-0.4, -0.2) is 13.0 Å². The van der Waals surface area contributed by atoms with Gasteiger partial charge in [-0.15, -0.1) is 10.2 Å². The van der Waals surface area contributed by atoms with Crippen molar-refractivity contribution in [2.24, 2.45) is 20.5 Å². The van der Waals surface area contributed by atoms with Crippen molar-refractivity contribution in [1.82, 2.24) is 0 Å². The van der Waals surface area contributed by atoms with Crippen LogP contribution < -0.4 is 5.73 Å². The number of nitrogens with two attached hydrogens (primary N) is 1. The summed E-state index contributed by atoms with van der Waals surface area (Å²) in [5.74, 6) is 0. The van der Waals surface area contributed by atoms with E-state index in [0.29, 0.717) is 39.2 Å². The van der Waals surface area contributed by atoms with Crippen LogP contribution in [0.1, 0.15) is 5.56 Å². The molecule has 0 atom stereocenters. The van der Waals surface area contributed by atoms with Gasteiger partial charge in [0.25, 0.3) is 10.1 Å². The maximum absolute atomic E-state index is 11.7. The summed E-state index contributed by atoms with van der Waals surface area (Å²) in [7, 11) is -4.40. The van der Waals surface area contributed by atoms with Gasteiger partial charge in [0.2, 0.25) is 0 Å². The Morgan fingerprint density at radius 3 is 2.03 bits per heavy atom. The molecule has 0 spiro atoms. The SMILES string of the molecule is Cc1cc(N)ccc1/N=N/c1ccc(/N=N/c2ccccc2)c2ccc(S(=O)(=O)O)cc12. The van der Waals surface area contributed by atoms with Crippen molar-refractivity contribution in [3.63, 3.8) is 0 Å². The summed E-state index contributed by atoms with van der Waals surface area (Å²) in [5, 5.41) is 18.2. The lowest BCUT2D eigenvalue weighted by Crippen LogP contribution is -1.97. The van der Waals surface area contributed by atoms with E-state index in [2.05, 4.69) is 20.5 Å². The molecule has 0 saturated carbocycles. The van der Waals surface area contributed by atoms with Gasteiger partial charge in [-0.25, -0.2) is 0 Å². The number of rotatable bonds is 5. The lowest BCUT2D eigenvalue weighted by molar-refractivity contribution is 0.483. The summed E-state index contributed by atoms with van der Waals surface area (Å²) in [6.07, 6.45) is 0. The molecule has 0 amide bonds. The standard InChI is InChI=1S/C23H19N5O3S/c1-15-13-16(24)7-10-21(15)26-28-23-12-11-22(27-25-17-5-3-2-4-6-17)19-9-8-18(14-20(19)23)32(29,30)31/h2-14H,24H2,1H3,(H,29,30,31)/b27-25+,28-26+. The summed E-state index contributed by atoms with van der Waals surface area (Å²) < 4.78 is 32.9. The highest BCUT2D eigenvalue weighted by atomic mass is 32.2. The van der Waals surface area contributed by atoms with E-state index in [0.717, 1.165) is 5.56 Å². The highest BCUT2D eigenvalue weighted by molar-refractivity contribution is 7.85. The minimum atomic E-state index is -4.40. The molecule has 32 heavy (non-hydrogen) atoms. The minimum absolute atomic E-state index is 0.248. The first-order valence-electron chi connectivity index (χ1n) is 9.60. The molecular formula is C23H19N5O3S. The first-order valence-corrected chi connectivity index (χ1v) is 11.0. The quantitative estimate of drug-likeness (QED) is 0.198. The zero-order chi connectivity index (χ0) is 22.7. The van der Waals surface area contributed by atoms with E-state index in [1.54, 1.807) is 36.4 Å². The number of hydrogen-bond acceptors (Lipinski definition) is 7. The van der Waals surface area contributed by atoms with Crippen molar-refractivity contribution >= 4 is 49.3 Å². The van der Waals surface area contributed by atoms with Crippen molar-refractivity contribution in [1.29, 1.82) is 0 Å². The maximum Gasteiger partial charge on any atom is 0.294 e. The molecule has 0 aliphatic carbocycles. The molecule has 9 heteroatoms. The first kappa shape index (κ1) is 21.3. The maximum atomic E-state index is 11.7. The predicted octanol–water partition coefficient (Wildman–Crippen LogP) is 6.81. The Morgan fingerprint density at radius 1 is 0.719 bits per heavy atom. The monoisotopic (exact) mass is 445 g/mol. The molecule has 8 nitrogen and oxygen atoms in total. The Morgan fingerprint density at radius 2 is 1.34 bits per heavy atom. The van der Waals surface area contributed by atoms with Gasteiger partial charge in [0, 0.05) is 16.5 Å². The number of hydrogen-bond donors (Lipinski definition) is 2. The van der Waals surface area contributed by atoms with Gasteiger partial charge in [0.05, 0.1) is 27.6 Å². The Labute approximate surface area is 184 Å². The molecule has 0 unspecified atom stereocenters. The van der Waals surface area contributed by atoms with Crippen LogP contribution in [0, 0.1) is 6.92 Å². The number of azo groups is 2. The summed E-state index contributed by atoms with van der Waals surface area (Å²) in [5.41, 5.74) is 9.50. The molecule has 0 saturated heterocycles. The van der Waals surface area contributed by atoms with E-state index in [4.69, 9.17) is 5.73 Å². The van der Waals surface area contributed by atoms with Crippen LogP contribution in [0.2, 0.25) is 0 Å². The molecule has 3 N–H and O–H groups in total. The molecule has 0 aromatic heterocycles. The van der Waals surface area contributed by atoms with Crippen LogP contribution in [-0.2, 0) is 10.1 Å². The molecule has 0 bridgehead atoms. The Kier molecular flexibility index (Phi) is 5.76. The van der Waals surface area contributed by atoms with E-state index < -0.39 is 10.1 Å². The van der Waals surface area contributed by atoms with Crippen LogP contribution in [0.4, 0.5) is 28.4 Å². The Balaban J connectivity index is 1.83. The fraction of sp³-hybridized carbons (Fsp3) is 0.0435. The predicted molar refractivity (Wildman–Crippen MR) is 124 cm³/mol. The lowest BCUT2D eigenvalue weighted by atomic mass is 10.1. The molecule has 0 aliphatic rings. The van der Waals surface area contributed by atoms with E-state index in [1.165, 1.54) is 12.1 Å². The van der Waals surface area contributed by atoms with Gasteiger partial charge in [-0.05, 0) is 67.1 Å². The van der Waals surface area contributed by atoms with Gasteiger partial charge in [-0.3, -0.25) is 4.55 Å². The average Bonchev–Trinajstić information content (AvgIpc) is 2.77. The van der Waals surface area contributed by atoms with Gasteiger partial charge < -0.3 is 5.73 Å². The van der Waals surface area contributed by atoms with Gasteiger partial charge in [-0.1, -0.05) is 24.3 Å². The zero-order valence-corrected chi connectivity index (χ0v) is 17.9. The van der Waals surface area contributed by atoms with Crippen molar-refractivity contribution in [2.75, 3.05) is 5.73 Å². The Hall–Kier alpha value is -3.95. The Bertz CT molecular complexity index is 1470. The van der Waals surface area contributed by atoms with E-state index in [-0.39, 0.29) is 4.90 Å². The molecule has 0 heterocycles. The summed E-state index contributed by atoms with van der Waals surface area (Å²) >= 11 is 0. The van der Waals surface area contributed by atoms with Gasteiger partial charge in [0.1, 0.15) is 0 Å². The molecule has 0 radical (unpaired) electrons. The number of aryl methyl sites for hydroxylation is 1. The summed E-state index contributed by atoms with van der Waals surface area (Å²) in [6.45, 7) is 1.87. The van der Waals surface area contributed by atoms with Crippen LogP contribution in [0.3, 0.4) is 0 Å². The fourth-order valence-corrected chi connectivity index (χ4v) is 3.64. The average molecular weight is 446 g/mol. The fourth-order valence-electron chi connectivity index (χ4n) is 3.14. The number of anilines is 1. The number of benzene rings is 4. The minimum Gasteiger partial charge on any atom is -0.399 e. The molecule has 0 aliphatic heterocycles. The van der Waals surface area contributed by atoms with Crippen molar-refractivity contribution in [2.45, 2.75) is 11.8 Å². The van der Waals surface area contributed by atoms with Crippen LogP contribution >= 0.6 is 0 Å². The van der Waals surface area contributed by atoms with Crippen molar-refractivity contribution < 1.29 is 13.0 Å².